The molecule has 3 aliphatic heterocycles. The van der Waals surface area contributed by atoms with Crippen LogP contribution < -0.4 is 15.4 Å². The predicted molar refractivity (Wildman–Crippen MR) is 153 cm³/mol. The third kappa shape index (κ3) is 4.77. The SMILES string of the molecule is C=C1CN2CCC[C@@]2(COc2nc(N3CCCC[C@@H]4[C@@H](F)[C@@H]43)c3cnc(-c4cc(N)cc(Cl)c4C(F)(F)F)c(F)c3n2)C1. The molecule has 3 saturated heterocycles. The Morgan fingerprint density at radius 3 is 2.77 bits per heavy atom. The Hall–Kier alpha value is -3.25. The summed E-state index contributed by atoms with van der Waals surface area (Å²) >= 11 is 5.95. The molecular weight excluding hydrogens is 591 g/mol. The first kappa shape index (κ1) is 28.5. The van der Waals surface area contributed by atoms with E-state index in [-0.39, 0.29) is 46.5 Å². The van der Waals surface area contributed by atoms with E-state index in [1.165, 1.54) is 6.20 Å². The van der Waals surface area contributed by atoms with Crippen molar-refractivity contribution >= 4 is 34.0 Å². The molecule has 13 heteroatoms. The molecule has 0 radical (unpaired) electrons. The number of nitrogens with two attached hydrogens (primary N) is 1. The Balaban J connectivity index is 1.37. The number of fused-ring (bicyclic) bond motifs is 3. The number of hydrogen-bond acceptors (Lipinski definition) is 7. The molecule has 0 spiro atoms. The average Bonchev–Trinajstić information content (AvgIpc) is 3.34. The summed E-state index contributed by atoms with van der Waals surface area (Å²) in [5.74, 6) is -1.01. The van der Waals surface area contributed by atoms with Crippen LogP contribution >= 0.6 is 11.6 Å². The van der Waals surface area contributed by atoms with Crippen molar-refractivity contribution in [3.8, 4) is 17.3 Å². The van der Waals surface area contributed by atoms with Crippen LogP contribution in [0.15, 0.2) is 30.5 Å². The zero-order valence-electron chi connectivity index (χ0n) is 23.2. The first-order valence-electron chi connectivity index (χ1n) is 14.4. The van der Waals surface area contributed by atoms with Gasteiger partial charge in [-0.1, -0.05) is 30.2 Å². The second-order valence-electron chi connectivity index (χ2n) is 12.2. The quantitative estimate of drug-likeness (QED) is 0.196. The highest BCUT2D eigenvalue weighted by molar-refractivity contribution is 6.32. The summed E-state index contributed by atoms with van der Waals surface area (Å²) in [6.45, 7) is 6.55. The number of nitrogens with zero attached hydrogens (tertiary/aromatic N) is 5. The molecule has 2 N–H and O–H groups in total. The van der Waals surface area contributed by atoms with Gasteiger partial charge in [-0.15, -0.1) is 0 Å². The van der Waals surface area contributed by atoms with Crippen molar-refractivity contribution in [3.63, 3.8) is 0 Å². The summed E-state index contributed by atoms with van der Waals surface area (Å²) in [6, 6.07) is 1.39. The van der Waals surface area contributed by atoms with Gasteiger partial charge in [0.05, 0.1) is 27.6 Å². The van der Waals surface area contributed by atoms with Gasteiger partial charge >= 0.3 is 12.2 Å². The summed E-state index contributed by atoms with van der Waals surface area (Å²) in [5, 5.41) is -0.514. The van der Waals surface area contributed by atoms with Crippen molar-refractivity contribution in [1.82, 2.24) is 19.9 Å². The van der Waals surface area contributed by atoms with Crippen molar-refractivity contribution in [2.45, 2.75) is 62.5 Å². The highest BCUT2D eigenvalue weighted by atomic mass is 35.5. The standard InChI is InChI=1S/C30H30ClF5N6O/c1-15-11-29(6-4-7-41(29)13-15)14-43-28-39-25-19(27(40-28)42-8-3-2-5-17-22(32)26(17)42)12-38-24(23(25)33)18-9-16(37)10-20(31)21(18)30(34,35)36/h9-10,12,17,22,26H,1-8,11,13-14,37H2/t17-,22-,26-,29+/m1/s1. The topological polar surface area (TPSA) is 80.4 Å². The molecule has 3 aromatic rings. The van der Waals surface area contributed by atoms with Gasteiger partial charge in [0.25, 0.3) is 0 Å². The summed E-state index contributed by atoms with van der Waals surface area (Å²) in [7, 11) is 0. The number of anilines is 2. The van der Waals surface area contributed by atoms with Crippen molar-refractivity contribution in [3.05, 3.63) is 46.9 Å². The molecule has 2 aromatic heterocycles. The Labute approximate surface area is 249 Å². The van der Waals surface area contributed by atoms with Crippen LogP contribution in [0.4, 0.5) is 33.5 Å². The molecule has 7 rings (SSSR count). The molecule has 1 saturated carbocycles. The summed E-state index contributed by atoms with van der Waals surface area (Å²) < 4.78 is 79.7. The summed E-state index contributed by atoms with van der Waals surface area (Å²) in [5.41, 5.74) is 3.82. The zero-order chi connectivity index (χ0) is 30.3. The van der Waals surface area contributed by atoms with Crippen LogP contribution in [-0.2, 0) is 6.18 Å². The molecule has 4 fully saturated rings. The number of ether oxygens (including phenoxy) is 1. The maximum atomic E-state index is 16.4. The van der Waals surface area contributed by atoms with Crippen LogP contribution in [0, 0.1) is 11.7 Å². The van der Waals surface area contributed by atoms with E-state index in [4.69, 9.17) is 22.1 Å². The predicted octanol–water partition coefficient (Wildman–Crippen LogP) is 6.59. The molecular formula is C30H30ClF5N6O. The minimum Gasteiger partial charge on any atom is -0.461 e. The van der Waals surface area contributed by atoms with Gasteiger partial charge in [0.1, 0.15) is 29.8 Å². The third-order valence-corrected chi connectivity index (χ3v) is 9.65. The molecule has 4 aliphatic rings. The number of benzene rings is 1. The van der Waals surface area contributed by atoms with Crippen LogP contribution in [0.2, 0.25) is 5.02 Å². The summed E-state index contributed by atoms with van der Waals surface area (Å²) in [6.07, 6.45) is 0.300. The second kappa shape index (κ2) is 10.2. The zero-order valence-corrected chi connectivity index (χ0v) is 24.0. The molecule has 0 bridgehead atoms. The van der Waals surface area contributed by atoms with E-state index in [2.05, 4.69) is 26.4 Å². The van der Waals surface area contributed by atoms with E-state index in [1.54, 1.807) is 0 Å². The highest BCUT2D eigenvalue weighted by Gasteiger charge is 2.55. The Bertz CT molecular complexity index is 1640. The van der Waals surface area contributed by atoms with Crippen molar-refractivity contribution < 1.29 is 26.7 Å². The largest absolute Gasteiger partial charge is 0.461 e. The van der Waals surface area contributed by atoms with Crippen LogP contribution in [0.25, 0.3) is 22.2 Å². The van der Waals surface area contributed by atoms with Gasteiger partial charge in [-0.2, -0.15) is 23.1 Å². The number of alkyl halides is 4. The molecule has 7 nitrogen and oxygen atoms in total. The van der Waals surface area contributed by atoms with E-state index in [0.717, 1.165) is 69.3 Å². The Kier molecular flexibility index (Phi) is 6.73. The molecule has 43 heavy (non-hydrogen) atoms. The van der Waals surface area contributed by atoms with Gasteiger partial charge in [-0.3, -0.25) is 9.88 Å². The summed E-state index contributed by atoms with van der Waals surface area (Å²) in [4.78, 5) is 17.3. The fourth-order valence-electron chi connectivity index (χ4n) is 7.35. The average molecular weight is 621 g/mol. The minimum absolute atomic E-state index is 0.0847. The maximum absolute atomic E-state index is 16.4. The number of hydrogen-bond donors (Lipinski definition) is 1. The number of rotatable bonds is 5. The Morgan fingerprint density at radius 1 is 1.16 bits per heavy atom. The molecule has 5 heterocycles. The third-order valence-electron chi connectivity index (χ3n) is 9.35. The van der Waals surface area contributed by atoms with E-state index >= 15 is 4.39 Å². The molecule has 4 atom stereocenters. The van der Waals surface area contributed by atoms with Crippen molar-refractivity contribution in [1.29, 1.82) is 0 Å². The van der Waals surface area contributed by atoms with Crippen molar-refractivity contribution in [2.75, 3.05) is 36.9 Å². The molecule has 228 valence electrons. The maximum Gasteiger partial charge on any atom is 0.418 e. The lowest BCUT2D eigenvalue weighted by molar-refractivity contribution is -0.137. The Morgan fingerprint density at radius 2 is 1.98 bits per heavy atom. The van der Waals surface area contributed by atoms with Gasteiger partial charge in [0.2, 0.25) is 0 Å². The smallest absolute Gasteiger partial charge is 0.418 e. The molecule has 1 aromatic carbocycles. The minimum atomic E-state index is -4.91. The normalized spacial score (nSPS) is 27.3. The van der Waals surface area contributed by atoms with Gasteiger partial charge in [0, 0.05) is 36.5 Å². The monoisotopic (exact) mass is 620 g/mol. The number of aromatic nitrogens is 3. The first-order chi connectivity index (χ1) is 20.5. The lowest BCUT2D eigenvalue weighted by atomic mass is 9.94. The molecule has 0 unspecified atom stereocenters. The fourth-order valence-corrected chi connectivity index (χ4v) is 7.68. The van der Waals surface area contributed by atoms with Crippen molar-refractivity contribution in [2.24, 2.45) is 5.92 Å². The molecule has 1 aliphatic carbocycles. The van der Waals surface area contributed by atoms with E-state index in [0.29, 0.717) is 6.54 Å². The number of nitrogen functional groups attached to an aromatic ring is 1. The van der Waals surface area contributed by atoms with Gasteiger partial charge in [-0.25, -0.2) is 8.78 Å². The first-order valence-corrected chi connectivity index (χ1v) is 14.8. The molecule has 0 amide bonds. The fraction of sp³-hybridized carbons (Fsp3) is 0.500. The van der Waals surface area contributed by atoms with Gasteiger partial charge in [-0.05, 0) is 50.8 Å². The van der Waals surface area contributed by atoms with Crippen LogP contribution in [0.5, 0.6) is 6.01 Å². The van der Waals surface area contributed by atoms with Crippen LogP contribution in [-0.4, -0.2) is 63.8 Å². The van der Waals surface area contributed by atoms with Crippen LogP contribution in [0.3, 0.4) is 0 Å². The second-order valence-corrected chi connectivity index (χ2v) is 12.6. The lowest BCUT2D eigenvalue weighted by Gasteiger charge is -2.31. The van der Waals surface area contributed by atoms with E-state index < -0.39 is 46.1 Å². The van der Waals surface area contributed by atoms with Gasteiger partial charge in [0.15, 0.2) is 5.82 Å². The van der Waals surface area contributed by atoms with Gasteiger partial charge < -0.3 is 15.4 Å². The van der Waals surface area contributed by atoms with Crippen LogP contribution in [0.1, 0.15) is 44.1 Å². The number of pyridine rings is 1. The number of halogens is 6. The lowest BCUT2D eigenvalue weighted by Crippen LogP contribution is -2.43. The van der Waals surface area contributed by atoms with E-state index in [1.807, 2.05) is 4.90 Å². The van der Waals surface area contributed by atoms with E-state index in [9.17, 15) is 17.6 Å². The highest BCUT2D eigenvalue weighted by Crippen LogP contribution is 2.49.